The minimum atomic E-state index is -1.43. The van der Waals surface area contributed by atoms with Gasteiger partial charge in [-0.15, -0.1) is 11.3 Å². The number of thiophene rings is 1. The lowest BCUT2D eigenvalue weighted by atomic mass is 9.91. The van der Waals surface area contributed by atoms with Crippen LogP contribution in [0.4, 0.5) is 4.39 Å². The molecule has 0 fully saturated rings. The highest BCUT2D eigenvalue weighted by Crippen LogP contribution is 2.38. The number of rotatable bonds is 3. The molecular formula is C9H13ClFNS. The van der Waals surface area contributed by atoms with Crippen LogP contribution in [-0.2, 0) is 5.67 Å². The Morgan fingerprint density at radius 1 is 1.62 bits per heavy atom. The molecule has 74 valence electrons. The van der Waals surface area contributed by atoms with Crippen molar-refractivity contribution in [2.24, 2.45) is 11.7 Å². The van der Waals surface area contributed by atoms with Crippen LogP contribution in [0.15, 0.2) is 12.1 Å². The SMILES string of the molecule is CC(C)C(F)(CN)c1ccc(Cl)s1. The summed E-state index contributed by atoms with van der Waals surface area (Å²) in [5.74, 6) is -0.132. The summed E-state index contributed by atoms with van der Waals surface area (Å²) in [6.45, 7) is 3.64. The molecule has 0 aliphatic rings. The van der Waals surface area contributed by atoms with Gasteiger partial charge in [0.2, 0.25) is 0 Å². The van der Waals surface area contributed by atoms with E-state index in [1.165, 1.54) is 11.3 Å². The van der Waals surface area contributed by atoms with Crippen molar-refractivity contribution in [1.82, 2.24) is 0 Å². The molecular weight excluding hydrogens is 209 g/mol. The normalized spacial score (nSPS) is 16.2. The van der Waals surface area contributed by atoms with Crippen LogP contribution in [0.25, 0.3) is 0 Å². The van der Waals surface area contributed by atoms with E-state index in [2.05, 4.69) is 0 Å². The van der Waals surface area contributed by atoms with Crippen LogP contribution in [0, 0.1) is 5.92 Å². The first-order valence-electron chi connectivity index (χ1n) is 4.15. The molecule has 0 aliphatic heterocycles. The maximum absolute atomic E-state index is 14.2. The molecule has 1 heterocycles. The van der Waals surface area contributed by atoms with E-state index < -0.39 is 5.67 Å². The molecule has 0 spiro atoms. The molecule has 4 heteroatoms. The van der Waals surface area contributed by atoms with Gasteiger partial charge in [-0.25, -0.2) is 4.39 Å². The predicted molar refractivity (Wildman–Crippen MR) is 56.0 cm³/mol. The second-order valence-corrected chi connectivity index (χ2v) is 5.04. The first-order valence-corrected chi connectivity index (χ1v) is 5.35. The molecule has 1 aromatic rings. The highest BCUT2D eigenvalue weighted by atomic mass is 35.5. The lowest BCUT2D eigenvalue weighted by Crippen LogP contribution is -2.34. The van der Waals surface area contributed by atoms with E-state index in [4.69, 9.17) is 17.3 Å². The average Bonchev–Trinajstić information content (AvgIpc) is 2.50. The fourth-order valence-electron chi connectivity index (χ4n) is 1.16. The van der Waals surface area contributed by atoms with Crippen molar-refractivity contribution in [2.45, 2.75) is 19.5 Å². The van der Waals surface area contributed by atoms with Crippen LogP contribution in [0.3, 0.4) is 0 Å². The van der Waals surface area contributed by atoms with Gasteiger partial charge in [0.1, 0.15) is 0 Å². The molecule has 13 heavy (non-hydrogen) atoms. The summed E-state index contributed by atoms with van der Waals surface area (Å²) < 4.78 is 14.8. The zero-order valence-electron chi connectivity index (χ0n) is 7.68. The monoisotopic (exact) mass is 221 g/mol. The molecule has 1 rings (SSSR count). The van der Waals surface area contributed by atoms with Crippen molar-refractivity contribution >= 4 is 22.9 Å². The van der Waals surface area contributed by atoms with E-state index in [1.54, 1.807) is 12.1 Å². The maximum atomic E-state index is 14.2. The predicted octanol–water partition coefficient (Wildman–Crippen LogP) is 3.18. The molecule has 1 nitrogen and oxygen atoms in total. The smallest absolute Gasteiger partial charge is 0.159 e. The Morgan fingerprint density at radius 3 is 2.54 bits per heavy atom. The number of alkyl halides is 1. The van der Waals surface area contributed by atoms with Crippen LogP contribution in [0.1, 0.15) is 18.7 Å². The van der Waals surface area contributed by atoms with Crippen molar-refractivity contribution in [3.63, 3.8) is 0 Å². The van der Waals surface area contributed by atoms with Gasteiger partial charge in [0.05, 0.1) is 4.34 Å². The first kappa shape index (κ1) is 11.0. The summed E-state index contributed by atoms with van der Waals surface area (Å²) in [6, 6.07) is 3.41. The van der Waals surface area contributed by atoms with Gasteiger partial charge >= 0.3 is 0 Å². The first-order chi connectivity index (χ1) is 6.00. The van der Waals surface area contributed by atoms with Crippen LogP contribution < -0.4 is 5.73 Å². The van der Waals surface area contributed by atoms with E-state index in [0.29, 0.717) is 9.21 Å². The summed E-state index contributed by atoms with van der Waals surface area (Å²) in [7, 11) is 0. The Labute approximate surface area is 86.7 Å². The molecule has 1 atom stereocenters. The van der Waals surface area contributed by atoms with Crippen LogP contribution >= 0.6 is 22.9 Å². The zero-order chi connectivity index (χ0) is 10.1. The molecule has 0 bridgehead atoms. The summed E-state index contributed by atoms with van der Waals surface area (Å²) >= 11 is 7.00. The van der Waals surface area contributed by atoms with Gasteiger partial charge in [0.15, 0.2) is 5.67 Å². The van der Waals surface area contributed by atoms with Crippen molar-refractivity contribution in [3.05, 3.63) is 21.3 Å². The molecule has 0 saturated carbocycles. The van der Waals surface area contributed by atoms with Crippen molar-refractivity contribution in [2.75, 3.05) is 6.54 Å². The van der Waals surface area contributed by atoms with Crippen molar-refractivity contribution in [1.29, 1.82) is 0 Å². The summed E-state index contributed by atoms with van der Waals surface area (Å²) in [6.07, 6.45) is 0. The van der Waals surface area contributed by atoms with E-state index in [1.807, 2.05) is 13.8 Å². The summed E-state index contributed by atoms with van der Waals surface area (Å²) in [5, 5.41) is 0. The third-order valence-electron chi connectivity index (χ3n) is 2.20. The molecule has 0 saturated heterocycles. The van der Waals surface area contributed by atoms with Gasteiger partial charge in [-0.05, 0) is 18.1 Å². The number of halogens is 2. The Kier molecular flexibility index (Phi) is 3.33. The molecule has 0 aromatic carbocycles. The van der Waals surface area contributed by atoms with Crippen molar-refractivity contribution < 1.29 is 4.39 Å². The molecule has 2 N–H and O–H groups in total. The number of nitrogens with two attached hydrogens (primary N) is 1. The minimum Gasteiger partial charge on any atom is -0.327 e. The lowest BCUT2D eigenvalue weighted by molar-refractivity contribution is 0.114. The molecule has 0 aliphatic carbocycles. The van der Waals surface area contributed by atoms with Gasteiger partial charge < -0.3 is 5.73 Å². The lowest BCUT2D eigenvalue weighted by Gasteiger charge is -2.26. The van der Waals surface area contributed by atoms with Crippen LogP contribution in [0.5, 0.6) is 0 Å². The number of hydrogen-bond acceptors (Lipinski definition) is 2. The second-order valence-electron chi connectivity index (χ2n) is 3.33. The third-order valence-corrected chi connectivity index (χ3v) is 3.58. The average molecular weight is 222 g/mol. The Balaban J connectivity index is 3.02. The topological polar surface area (TPSA) is 26.0 Å². The molecule has 1 aromatic heterocycles. The Hall–Kier alpha value is -0.120. The summed E-state index contributed by atoms with van der Waals surface area (Å²) in [5.41, 5.74) is 4.01. The quantitative estimate of drug-likeness (QED) is 0.834. The van der Waals surface area contributed by atoms with Crippen molar-refractivity contribution in [3.8, 4) is 0 Å². The van der Waals surface area contributed by atoms with Gasteiger partial charge in [0, 0.05) is 11.4 Å². The molecule has 0 amide bonds. The third kappa shape index (κ3) is 2.03. The molecule has 1 unspecified atom stereocenters. The van der Waals surface area contributed by atoms with E-state index in [-0.39, 0.29) is 12.5 Å². The summed E-state index contributed by atoms with van der Waals surface area (Å²) in [4.78, 5) is 0.620. The Bertz CT molecular complexity index is 287. The van der Waals surface area contributed by atoms with Gasteiger partial charge in [-0.2, -0.15) is 0 Å². The Morgan fingerprint density at radius 2 is 2.23 bits per heavy atom. The van der Waals surface area contributed by atoms with Gasteiger partial charge in [-0.1, -0.05) is 25.4 Å². The fraction of sp³-hybridized carbons (Fsp3) is 0.556. The van der Waals surface area contributed by atoms with E-state index in [0.717, 1.165) is 0 Å². The van der Waals surface area contributed by atoms with Gasteiger partial charge in [-0.3, -0.25) is 0 Å². The van der Waals surface area contributed by atoms with Crippen LogP contribution in [0.2, 0.25) is 4.34 Å². The highest BCUT2D eigenvalue weighted by molar-refractivity contribution is 7.16. The molecule has 0 radical (unpaired) electrons. The minimum absolute atomic E-state index is 0.00150. The van der Waals surface area contributed by atoms with Gasteiger partial charge in [0.25, 0.3) is 0 Å². The second kappa shape index (κ2) is 3.95. The highest BCUT2D eigenvalue weighted by Gasteiger charge is 2.35. The largest absolute Gasteiger partial charge is 0.327 e. The standard InChI is InChI=1S/C9H13ClFNS/c1-6(2)9(11,5-12)7-3-4-8(10)13-7/h3-4,6H,5,12H2,1-2H3. The number of hydrogen-bond donors (Lipinski definition) is 1. The zero-order valence-corrected chi connectivity index (χ0v) is 9.25. The van der Waals surface area contributed by atoms with E-state index >= 15 is 0 Å². The van der Waals surface area contributed by atoms with Crippen LogP contribution in [-0.4, -0.2) is 6.54 Å². The maximum Gasteiger partial charge on any atom is 0.159 e. The van der Waals surface area contributed by atoms with E-state index in [9.17, 15) is 4.39 Å². The fourth-order valence-corrected chi connectivity index (χ4v) is 2.44.